The smallest absolute Gasteiger partial charge is 0.407 e. The number of nitrogens with zero attached hydrogens (tertiary/aromatic N) is 10. The molecule has 2 aliphatic rings. The highest BCUT2D eigenvalue weighted by Gasteiger charge is 2.49. The van der Waals surface area contributed by atoms with E-state index in [9.17, 15) is 30.3 Å². The van der Waals surface area contributed by atoms with Gasteiger partial charge in [-0.15, -0.1) is 12.4 Å². The van der Waals surface area contributed by atoms with Gasteiger partial charge in [0.1, 0.15) is 49.3 Å². The van der Waals surface area contributed by atoms with Gasteiger partial charge in [-0.3, -0.25) is 0 Å². The second-order valence-corrected chi connectivity index (χ2v) is 13.2. The Hall–Kier alpha value is -3.66. The molecule has 0 bridgehead atoms. The zero-order valence-electron chi connectivity index (χ0n) is 34.4. The summed E-state index contributed by atoms with van der Waals surface area (Å²) < 4.78 is 36.2. The lowest BCUT2D eigenvalue weighted by molar-refractivity contribution is -0.328. The molecule has 1 amide bonds. The fourth-order valence-corrected chi connectivity index (χ4v) is 5.51. The number of carbonyl (C=O) groups excluding carboxylic acids is 1. The Labute approximate surface area is 356 Å². The van der Waals surface area contributed by atoms with E-state index in [1.165, 1.54) is 14.2 Å². The number of nitrogens with one attached hydrogen (secondary N) is 1. The molecule has 0 aromatic carbocycles. The number of methoxy groups -OCH3 is 2. The number of azide groups is 3. The Morgan fingerprint density at radius 1 is 0.717 bits per heavy atom. The number of aliphatic hydroxyl groups excluding tert-OH is 5. The maximum absolute atomic E-state index is 12.3. The van der Waals surface area contributed by atoms with Gasteiger partial charge in [-0.25, -0.2) is 4.79 Å². The molecule has 2 heterocycles. The van der Waals surface area contributed by atoms with Gasteiger partial charge < -0.3 is 69.7 Å². The third-order valence-corrected chi connectivity index (χ3v) is 8.72. The molecule has 0 saturated carbocycles. The van der Waals surface area contributed by atoms with Crippen LogP contribution in [0.15, 0.2) is 15.3 Å². The number of hydrogen-bond acceptors (Lipinski definition) is 18. The number of aliphatic hydroxyl groups is 5. The Balaban J connectivity index is 0. The second-order valence-electron chi connectivity index (χ2n) is 13.2. The summed E-state index contributed by atoms with van der Waals surface area (Å²) in [6, 6.07) is 0. The van der Waals surface area contributed by atoms with E-state index in [-0.39, 0.29) is 19.0 Å². The number of rotatable bonds is 27. The number of nitriles is 1. The van der Waals surface area contributed by atoms with Crippen LogP contribution in [0.3, 0.4) is 0 Å². The van der Waals surface area contributed by atoms with Crippen LogP contribution in [0, 0.1) is 11.5 Å². The summed E-state index contributed by atoms with van der Waals surface area (Å²) in [5.74, 6) is 0. The summed E-state index contributed by atoms with van der Waals surface area (Å²) in [5, 5.41) is 72.3. The molecule has 4 unspecified atom stereocenters. The van der Waals surface area contributed by atoms with Gasteiger partial charge in [0.05, 0.1) is 13.2 Å². The fraction of sp³-hybridized carbons (Fsp3) is 0.941. The molecule has 0 spiro atoms. The van der Waals surface area contributed by atoms with E-state index >= 15 is 0 Å². The molecule has 60 heavy (non-hydrogen) atoms. The molecule has 0 radical (unpaired) electrons. The number of ether oxygens (including phenoxy) is 7. The minimum Gasteiger partial charge on any atom is -0.440 e. The fourth-order valence-electron chi connectivity index (χ4n) is 5.51. The van der Waals surface area contributed by atoms with E-state index in [2.05, 4.69) is 40.1 Å². The van der Waals surface area contributed by atoms with Crippen LogP contribution in [0.2, 0.25) is 0 Å². The van der Waals surface area contributed by atoms with E-state index in [0.29, 0.717) is 39.2 Å². The van der Waals surface area contributed by atoms with E-state index in [1.54, 1.807) is 6.26 Å². The van der Waals surface area contributed by atoms with Gasteiger partial charge in [0.25, 0.3) is 6.26 Å². The van der Waals surface area contributed by atoms with Gasteiger partial charge in [0, 0.05) is 55.1 Å². The Kier molecular flexibility index (Phi) is 38.4. The number of carbonyl (C=O) groups is 1. The zero-order valence-corrected chi connectivity index (χ0v) is 35.2. The van der Waals surface area contributed by atoms with Gasteiger partial charge in [0.15, 0.2) is 18.7 Å². The first kappa shape index (κ1) is 58.4. The SMILES string of the molecule is COCC1O[C@H](OCC2O[C@H](OC)C(O)[C@@H](OC(=O)NCCCCCCN=[N+]=[N-])[C@@H]2O)C(O)[C@@H](O)[C@@H]1O.Cl.N#COCCCCCCN=[N+]=[N-].[N-]=[N+]=NCCCCCCN. The number of unbranched alkanes of at least 4 members (excludes halogenated alkanes) is 9. The third kappa shape index (κ3) is 26.5. The van der Waals surface area contributed by atoms with Crippen molar-refractivity contribution < 1.29 is 63.5 Å². The average Bonchev–Trinajstić information content (AvgIpc) is 3.23. The molecule has 10 atom stereocenters. The minimum absolute atomic E-state index is 0. The van der Waals surface area contributed by atoms with E-state index < -0.39 is 74.1 Å². The third-order valence-electron chi connectivity index (χ3n) is 8.72. The van der Waals surface area contributed by atoms with Crippen LogP contribution in [0.4, 0.5) is 4.79 Å². The van der Waals surface area contributed by atoms with E-state index in [4.69, 9.17) is 56.0 Å². The monoisotopic (exact) mass is 884 g/mol. The van der Waals surface area contributed by atoms with Gasteiger partial charge in [-0.05, 0) is 61.7 Å². The van der Waals surface area contributed by atoms with Crippen LogP contribution < -0.4 is 11.1 Å². The van der Waals surface area contributed by atoms with Crippen molar-refractivity contribution in [1.82, 2.24) is 5.32 Å². The standard InChI is InChI=1S/C21H38N4O12.C7H12N4O.C6H14N4.ClH/c1-32-9-11-13(26)15(28)16(29)20(36-11)34-10-12-14(27)18(17(30)19(33-2)35-12)37-21(31)23-7-5-3-4-6-8-24-25-22;8-7-12-6-4-2-1-3-5-10-11-9;7-5-3-1-2-4-6-9-10-8;/h11-20,26-30H,3-10H2,1-2H3,(H,23,31);1-6H2;1-7H2;1H/t11?,12?,13-,14-,15+,16?,17?,18+,19+,20+;;;/m1.../s1. The van der Waals surface area contributed by atoms with Crippen molar-refractivity contribution >= 4 is 18.5 Å². The van der Waals surface area contributed by atoms with Crippen molar-refractivity contribution in [3.05, 3.63) is 31.3 Å². The molecule has 346 valence electrons. The summed E-state index contributed by atoms with van der Waals surface area (Å²) in [4.78, 5) is 20.2. The molecule has 0 aromatic rings. The summed E-state index contributed by atoms with van der Waals surface area (Å²) in [6.45, 7) is 2.68. The molecular weight excluding hydrogens is 820 g/mol. The number of halogens is 1. The normalized spacial score (nSPS) is 25.3. The van der Waals surface area contributed by atoms with Crippen molar-refractivity contribution in [1.29, 1.82) is 5.26 Å². The van der Waals surface area contributed by atoms with E-state index in [1.807, 2.05) is 0 Å². The van der Waals surface area contributed by atoms with Gasteiger partial charge in [0.2, 0.25) is 0 Å². The Morgan fingerprint density at radius 2 is 1.23 bits per heavy atom. The molecule has 0 aliphatic carbocycles. The quantitative estimate of drug-likeness (QED) is 0.0205. The molecule has 0 aromatic heterocycles. The van der Waals surface area contributed by atoms with Crippen molar-refractivity contribution in [3.63, 3.8) is 0 Å². The molecule has 2 fully saturated rings. The van der Waals surface area contributed by atoms with Crippen molar-refractivity contribution in [3.8, 4) is 6.26 Å². The van der Waals surface area contributed by atoms with Gasteiger partial charge in [-0.1, -0.05) is 53.9 Å². The van der Waals surface area contributed by atoms with E-state index in [0.717, 1.165) is 77.2 Å². The lowest BCUT2D eigenvalue weighted by Crippen LogP contribution is -2.62. The lowest BCUT2D eigenvalue weighted by Gasteiger charge is -2.43. The van der Waals surface area contributed by atoms with Crippen molar-refractivity contribution in [2.45, 2.75) is 138 Å². The molecule has 8 N–H and O–H groups in total. The number of hydrogen-bond donors (Lipinski definition) is 7. The summed E-state index contributed by atoms with van der Waals surface area (Å²) in [6.07, 6.45) is -1.95. The Bertz CT molecular complexity index is 1280. The van der Waals surface area contributed by atoms with Crippen LogP contribution in [-0.4, -0.2) is 160 Å². The van der Waals surface area contributed by atoms with Crippen LogP contribution in [0.25, 0.3) is 31.3 Å². The molecule has 2 aliphatic heterocycles. The first-order valence-corrected chi connectivity index (χ1v) is 19.6. The predicted molar refractivity (Wildman–Crippen MR) is 216 cm³/mol. The number of nitrogens with two attached hydrogens (primary N) is 1. The maximum atomic E-state index is 12.3. The highest BCUT2D eigenvalue weighted by atomic mass is 35.5. The van der Waals surface area contributed by atoms with Crippen LogP contribution in [0.5, 0.6) is 0 Å². The zero-order chi connectivity index (χ0) is 44.1. The summed E-state index contributed by atoms with van der Waals surface area (Å²) >= 11 is 0. The minimum atomic E-state index is -1.61. The highest BCUT2D eigenvalue weighted by Crippen LogP contribution is 2.27. The van der Waals surface area contributed by atoms with Crippen LogP contribution >= 0.6 is 12.4 Å². The van der Waals surface area contributed by atoms with Crippen LogP contribution in [-0.2, 0) is 33.2 Å². The topological polar surface area (TPSA) is 391 Å². The van der Waals surface area contributed by atoms with Crippen LogP contribution in [0.1, 0.15) is 77.0 Å². The molecule has 2 rings (SSSR count). The molecule has 25 nitrogen and oxygen atoms in total. The second kappa shape index (κ2) is 39.5. The highest BCUT2D eigenvalue weighted by molar-refractivity contribution is 5.85. The maximum Gasteiger partial charge on any atom is 0.407 e. The lowest BCUT2D eigenvalue weighted by atomic mass is 9.98. The molecule has 26 heteroatoms. The van der Waals surface area contributed by atoms with Crippen molar-refractivity contribution in [2.24, 2.45) is 21.1 Å². The largest absolute Gasteiger partial charge is 0.440 e. The number of amides is 1. The average molecular weight is 885 g/mol. The molecular formula is C34H65ClN12O13. The predicted octanol–water partition coefficient (Wildman–Crippen LogP) is 3.11. The molecule has 2 saturated heterocycles. The van der Waals surface area contributed by atoms with Gasteiger partial charge >= 0.3 is 6.09 Å². The van der Waals surface area contributed by atoms with Gasteiger partial charge in [-0.2, -0.15) is 5.26 Å². The first-order chi connectivity index (χ1) is 28.6. The first-order valence-electron chi connectivity index (χ1n) is 19.6. The Morgan fingerprint density at radius 3 is 1.75 bits per heavy atom. The summed E-state index contributed by atoms with van der Waals surface area (Å²) in [5.41, 5.74) is 29.4. The van der Waals surface area contributed by atoms with Crippen molar-refractivity contribution in [2.75, 3.05) is 66.8 Å². The number of alkyl carbamates (subject to hydrolysis) is 1. The summed E-state index contributed by atoms with van der Waals surface area (Å²) in [7, 11) is 2.63.